The Kier molecular flexibility index (Phi) is 6.99. The van der Waals surface area contributed by atoms with Gasteiger partial charge in [0.15, 0.2) is 0 Å². The number of anilines is 1. The molecule has 3 rings (SSSR count). The van der Waals surface area contributed by atoms with Crippen LogP contribution in [0.25, 0.3) is 0 Å². The summed E-state index contributed by atoms with van der Waals surface area (Å²) in [5, 5.41) is 0. The first-order chi connectivity index (χ1) is 14.3. The van der Waals surface area contributed by atoms with Crippen molar-refractivity contribution < 1.29 is 22.7 Å². The Hall–Kier alpha value is -2.58. The molecule has 162 valence electrons. The number of hydrogen-bond donors (Lipinski definition) is 1. The number of carbonyl (C=O) groups excluding carboxylic acids is 1. The second-order valence-corrected chi connectivity index (χ2v) is 9.19. The van der Waals surface area contributed by atoms with E-state index < -0.39 is 10.0 Å². The second kappa shape index (κ2) is 9.49. The predicted octanol–water partition coefficient (Wildman–Crippen LogP) is 3.30. The fourth-order valence-electron chi connectivity index (χ4n) is 3.46. The quantitative estimate of drug-likeness (QED) is 0.615. The van der Waals surface area contributed by atoms with Crippen LogP contribution in [0.4, 0.5) is 5.69 Å². The van der Waals surface area contributed by atoms with Crippen LogP contribution in [0.3, 0.4) is 0 Å². The van der Waals surface area contributed by atoms with E-state index in [1.165, 1.54) is 19.2 Å². The normalized spacial score (nSPS) is 14.4. The van der Waals surface area contributed by atoms with Crippen LogP contribution < -0.4 is 19.1 Å². The molecule has 0 aliphatic carbocycles. The van der Waals surface area contributed by atoms with Gasteiger partial charge in [-0.25, -0.2) is 13.1 Å². The zero-order chi connectivity index (χ0) is 21.7. The Labute approximate surface area is 178 Å². The monoisotopic (exact) mass is 432 g/mol. The van der Waals surface area contributed by atoms with E-state index in [0.717, 1.165) is 17.7 Å². The van der Waals surface area contributed by atoms with E-state index in [1.807, 2.05) is 24.3 Å². The van der Waals surface area contributed by atoms with Gasteiger partial charge in [-0.15, -0.1) is 0 Å². The van der Waals surface area contributed by atoms with Gasteiger partial charge in [0.25, 0.3) is 0 Å². The van der Waals surface area contributed by atoms with E-state index in [4.69, 9.17) is 9.47 Å². The van der Waals surface area contributed by atoms with Gasteiger partial charge in [-0.2, -0.15) is 0 Å². The predicted molar refractivity (Wildman–Crippen MR) is 116 cm³/mol. The van der Waals surface area contributed by atoms with Crippen molar-refractivity contribution in [2.24, 2.45) is 0 Å². The fourth-order valence-corrected chi connectivity index (χ4v) is 4.49. The van der Waals surface area contributed by atoms with E-state index in [2.05, 4.69) is 18.6 Å². The van der Waals surface area contributed by atoms with Crippen LogP contribution in [-0.4, -0.2) is 41.1 Å². The van der Waals surface area contributed by atoms with Gasteiger partial charge < -0.3 is 14.4 Å². The number of ether oxygens (including phenoxy) is 2. The van der Waals surface area contributed by atoms with E-state index >= 15 is 0 Å². The molecule has 0 unspecified atom stereocenters. The molecule has 2 aromatic carbocycles. The molecule has 1 amide bonds. The number of amides is 1. The van der Waals surface area contributed by atoms with Crippen molar-refractivity contribution in [3.8, 4) is 11.5 Å². The molecule has 1 fully saturated rings. The highest BCUT2D eigenvalue weighted by molar-refractivity contribution is 7.89. The molecule has 1 saturated heterocycles. The van der Waals surface area contributed by atoms with Crippen LogP contribution in [-0.2, 0) is 14.8 Å². The van der Waals surface area contributed by atoms with Gasteiger partial charge in [0.2, 0.25) is 15.9 Å². The smallest absolute Gasteiger partial charge is 0.240 e. The van der Waals surface area contributed by atoms with Gasteiger partial charge in [-0.1, -0.05) is 32.0 Å². The number of nitrogens with zero attached hydrogens (tertiary/aromatic N) is 1. The number of carbonyl (C=O) groups is 1. The average Bonchev–Trinajstić information content (AvgIpc) is 3.16. The molecule has 0 bridgehead atoms. The largest absolute Gasteiger partial charge is 0.495 e. The third-order valence-electron chi connectivity index (χ3n) is 5.02. The zero-order valence-corrected chi connectivity index (χ0v) is 18.4. The molecule has 1 heterocycles. The molecule has 1 aliphatic rings. The summed E-state index contributed by atoms with van der Waals surface area (Å²) in [6, 6.07) is 12.3. The molecular formula is C22H28N2O5S. The molecule has 0 aromatic heterocycles. The summed E-state index contributed by atoms with van der Waals surface area (Å²) in [4.78, 5) is 13.8. The molecule has 0 spiro atoms. The number of hydrogen-bond acceptors (Lipinski definition) is 5. The number of rotatable bonds is 9. The lowest BCUT2D eigenvalue weighted by Gasteiger charge is -2.20. The standard InChI is InChI=1S/C22H28N2O5S/c1-16(2)18-7-4-5-8-20(18)29-14-12-23-30(26,27)17-10-11-21(28-3)19(15-17)24-13-6-9-22(24)25/h4-5,7-8,10-11,15-16,23H,6,9,12-14H2,1-3H3. The Bertz CT molecular complexity index is 1000. The molecule has 0 radical (unpaired) electrons. The first-order valence-corrected chi connectivity index (χ1v) is 11.5. The summed E-state index contributed by atoms with van der Waals surface area (Å²) >= 11 is 0. The summed E-state index contributed by atoms with van der Waals surface area (Å²) in [5.74, 6) is 1.50. The van der Waals surface area contributed by atoms with Gasteiger partial charge in [0.1, 0.15) is 18.1 Å². The van der Waals surface area contributed by atoms with Crippen molar-refractivity contribution in [3.63, 3.8) is 0 Å². The molecule has 7 nitrogen and oxygen atoms in total. The van der Waals surface area contributed by atoms with E-state index in [1.54, 1.807) is 11.0 Å². The van der Waals surface area contributed by atoms with Crippen molar-refractivity contribution in [1.29, 1.82) is 0 Å². The number of para-hydroxylation sites is 1. The molecule has 0 atom stereocenters. The van der Waals surface area contributed by atoms with Crippen LogP contribution in [0.5, 0.6) is 11.5 Å². The molecule has 2 aromatic rings. The number of methoxy groups -OCH3 is 1. The van der Waals surface area contributed by atoms with Gasteiger partial charge in [0.05, 0.1) is 17.7 Å². The van der Waals surface area contributed by atoms with Gasteiger partial charge in [0, 0.05) is 19.5 Å². The Morgan fingerprint density at radius 2 is 1.90 bits per heavy atom. The Morgan fingerprint density at radius 3 is 2.57 bits per heavy atom. The van der Waals surface area contributed by atoms with Crippen molar-refractivity contribution in [2.45, 2.75) is 37.5 Å². The minimum Gasteiger partial charge on any atom is -0.495 e. The SMILES string of the molecule is COc1ccc(S(=O)(=O)NCCOc2ccccc2C(C)C)cc1N1CCCC1=O. The Balaban J connectivity index is 1.68. The maximum absolute atomic E-state index is 12.8. The third-order valence-corrected chi connectivity index (χ3v) is 6.48. The maximum Gasteiger partial charge on any atom is 0.240 e. The molecule has 8 heteroatoms. The van der Waals surface area contributed by atoms with Crippen LogP contribution in [0, 0.1) is 0 Å². The molecular weight excluding hydrogens is 404 g/mol. The fraction of sp³-hybridized carbons (Fsp3) is 0.409. The van der Waals surface area contributed by atoms with Gasteiger partial charge in [-0.3, -0.25) is 4.79 Å². The highest BCUT2D eigenvalue weighted by Gasteiger charge is 2.26. The van der Waals surface area contributed by atoms with Crippen LogP contribution >= 0.6 is 0 Å². The molecule has 30 heavy (non-hydrogen) atoms. The summed E-state index contributed by atoms with van der Waals surface area (Å²) in [5.41, 5.74) is 1.56. The lowest BCUT2D eigenvalue weighted by Crippen LogP contribution is -2.29. The topological polar surface area (TPSA) is 84.9 Å². The van der Waals surface area contributed by atoms with E-state index in [-0.39, 0.29) is 24.0 Å². The number of benzene rings is 2. The van der Waals surface area contributed by atoms with Crippen molar-refractivity contribution >= 4 is 21.6 Å². The third kappa shape index (κ3) is 4.94. The minimum atomic E-state index is -3.76. The molecule has 1 N–H and O–H groups in total. The lowest BCUT2D eigenvalue weighted by molar-refractivity contribution is -0.117. The second-order valence-electron chi connectivity index (χ2n) is 7.42. The van der Waals surface area contributed by atoms with Gasteiger partial charge in [-0.05, 0) is 42.2 Å². The summed E-state index contributed by atoms with van der Waals surface area (Å²) in [6.45, 7) is 5.04. The highest BCUT2D eigenvalue weighted by atomic mass is 32.2. The summed E-state index contributed by atoms with van der Waals surface area (Å²) in [7, 11) is -2.26. The van der Waals surface area contributed by atoms with Crippen LogP contribution in [0.1, 0.15) is 38.2 Å². The molecule has 0 saturated carbocycles. The van der Waals surface area contributed by atoms with Gasteiger partial charge >= 0.3 is 0 Å². The van der Waals surface area contributed by atoms with Crippen molar-refractivity contribution in [1.82, 2.24) is 4.72 Å². The number of nitrogens with one attached hydrogen (secondary N) is 1. The highest BCUT2D eigenvalue weighted by Crippen LogP contribution is 2.33. The molecule has 1 aliphatic heterocycles. The minimum absolute atomic E-state index is 0.0342. The van der Waals surface area contributed by atoms with Crippen LogP contribution in [0.15, 0.2) is 47.4 Å². The van der Waals surface area contributed by atoms with Crippen molar-refractivity contribution in [3.05, 3.63) is 48.0 Å². The average molecular weight is 433 g/mol. The van der Waals surface area contributed by atoms with E-state index in [0.29, 0.717) is 30.3 Å². The lowest BCUT2D eigenvalue weighted by atomic mass is 10.0. The number of sulfonamides is 1. The summed E-state index contributed by atoms with van der Waals surface area (Å²) < 4.78 is 39.2. The first kappa shape index (κ1) is 22.1. The van der Waals surface area contributed by atoms with Crippen molar-refractivity contribution in [2.75, 3.05) is 31.7 Å². The van der Waals surface area contributed by atoms with E-state index in [9.17, 15) is 13.2 Å². The van der Waals surface area contributed by atoms with Crippen LogP contribution in [0.2, 0.25) is 0 Å². The maximum atomic E-state index is 12.8. The Morgan fingerprint density at radius 1 is 1.13 bits per heavy atom. The first-order valence-electron chi connectivity index (χ1n) is 10.0. The summed E-state index contributed by atoms with van der Waals surface area (Å²) in [6.07, 6.45) is 1.19. The zero-order valence-electron chi connectivity index (χ0n) is 17.6.